The van der Waals surface area contributed by atoms with E-state index in [-0.39, 0.29) is 5.75 Å². The zero-order valence-corrected chi connectivity index (χ0v) is 10.9. The Bertz CT molecular complexity index is 565. The summed E-state index contributed by atoms with van der Waals surface area (Å²) in [4.78, 5) is 0.832. The molecule has 0 aliphatic carbocycles. The van der Waals surface area contributed by atoms with Crippen LogP contribution >= 0.6 is 11.3 Å². The average Bonchev–Trinajstić information content (AvgIpc) is 2.73. The van der Waals surface area contributed by atoms with Gasteiger partial charge in [-0.25, -0.2) is 0 Å². The van der Waals surface area contributed by atoms with Crippen LogP contribution in [0.3, 0.4) is 0 Å². The summed E-state index contributed by atoms with van der Waals surface area (Å²) in [5.41, 5.74) is 7.33. The first-order valence-corrected chi connectivity index (χ1v) is 6.40. The van der Waals surface area contributed by atoms with Crippen LogP contribution in [0.5, 0.6) is 5.75 Å². The summed E-state index contributed by atoms with van der Waals surface area (Å²) in [5, 5.41) is 1.86. The molecule has 2 aromatic rings. The first-order valence-electron chi connectivity index (χ1n) is 5.53. The van der Waals surface area contributed by atoms with Gasteiger partial charge in [0.1, 0.15) is 5.75 Å². The van der Waals surface area contributed by atoms with E-state index in [2.05, 4.69) is 4.74 Å². The van der Waals surface area contributed by atoms with Crippen LogP contribution in [0.15, 0.2) is 35.7 Å². The van der Waals surface area contributed by atoms with Crippen LogP contribution < -0.4 is 10.5 Å². The van der Waals surface area contributed by atoms with Crippen molar-refractivity contribution < 1.29 is 17.9 Å². The second-order valence-electron chi connectivity index (χ2n) is 4.03. The van der Waals surface area contributed by atoms with Crippen molar-refractivity contribution in [3.63, 3.8) is 0 Å². The van der Waals surface area contributed by atoms with E-state index < -0.39 is 12.4 Å². The molecule has 0 saturated carbocycles. The van der Waals surface area contributed by atoms with Crippen LogP contribution in [0.25, 0.3) is 0 Å². The Hall–Kier alpha value is -1.53. The summed E-state index contributed by atoms with van der Waals surface area (Å²) >= 11 is 1.42. The number of thiophene rings is 1. The van der Waals surface area contributed by atoms with E-state index in [1.54, 1.807) is 12.1 Å². The molecule has 1 aromatic carbocycles. The second-order valence-corrected chi connectivity index (χ2v) is 4.98. The molecule has 0 aliphatic rings. The average molecular weight is 287 g/mol. The molecule has 19 heavy (non-hydrogen) atoms. The van der Waals surface area contributed by atoms with Crippen molar-refractivity contribution >= 4 is 11.3 Å². The van der Waals surface area contributed by atoms with Gasteiger partial charge in [0.15, 0.2) is 0 Å². The highest BCUT2D eigenvalue weighted by atomic mass is 32.1. The third-order valence-electron chi connectivity index (χ3n) is 2.66. The molecule has 1 heterocycles. The van der Waals surface area contributed by atoms with Crippen LogP contribution in [-0.4, -0.2) is 6.36 Å². The van der Waals surface area contributed by atoms with Gasteiger partial charge in [-0.15, -0.1) is 24.5 Å². The van der Waals surface area contributed by atoms with Crippen LogP contribution in [0, 0.1) is 6.92 Å². The first kappa shape index (κ1) is 13.9. The molecule has 0 amide bonds. The maximum absolute atomic E-state index is 12.3. The van der Waals surface area contributed by atoms with E-state index in [0.29, 0.717) is 5.56 Å². The largest absolute Gasteiger partial charge is 0.573 e. The van der Waals surface area contributed by atoms with Crippen molar-refractivity contribution in [3.8, 4) is 5.75 Å². The number of halogens is 3. The monoisotopic (exact) mass is 287 g/mol. The summed E-state index contributed by atoms with van der Waals surface area (Å²) in [6.45, 7) is 1.87. The lowest BCUT2D eigenvalue weighted by atomic mass is 10.0. The van der Waals surface area contributed by atoms with Gasteiger partial charge in [-0.1, -0.05) is 18.2 Å². The topological polar surface area (TPSA) is 35.2 Å². The fourth-order valence-electron chi connectivity index (χ4n) is 1.80. The Labute approximate surface area is 112 Å². The molecule has 0 bridgehead atoms. The van der Waals surface area contributed by atoms with Gasteiger partial charge in [0.05, 0.1) is 6.04 Å². The maximum Gasteiger partial charge on any atom is 0.573 e. The predicted molar refractivity (Wildman–Crippen MR) is 68.2 cm³/mol. The molecule has 1 unspecified atom stereocenters. The Kier molecular flexibility index (Phi) is 3.82. The van der Waals surface area contributed by atoms with Gasteiger partial charge in [0, 0.05) is 10.4 Å². The summed E-state index contributed by atoms with van der Waals surface area (Å²) in [6.07, 6.45) is -4.72. The molecular weight excluding hydrogens is 275 g/mol. The lowest BCUT2D eigenvalue weighted by Crippen LogP contribution is -2.20. The minimum absolute atomic E-state index is 0.254. The quantitative estimate of drug-likeness (QED) is 0.926. The minimum Gasteiger partial charge on any atom is -0.405 e. The van der Waals surface area contributed by atoms with E-state index in [4.69, 9.17) is 5.73 Å². The molecule has 1 aromatic heterocycles. The number of nitrogens with two attached hydrogens (primary N) is 1. The third-order valence-corrected chi connectivity index (χ3v) is 3.77. The third kappa shape index (κ3) is 3.27. The lowest BCUT2D eigenvalue weighted by molar-refractivity contribution is -0.274. The standard InChI is InChI=1S/C13H12F3NOS/c1-8-6-7-19-12(8)11(17)9-4-2-3-5-10(9)18-13(14,15)16/h2-7,11H,17H2,1H3. The number of aryl methyl sites for hydroxylation is 1. The number of ether oxygens (including phenoxy) is 1. The molecule has 0 saturated heterocycles. The minimum atomic E-state index is -4.72. The molecule has 0 fully saturated rings. The molecule has 0 radical (unpaired) electrons. The highest BCUT2D eigenvalue weighted by Crippen LogP contribution is 2.34. The van der Waals surface area contributed by atoms with Crippen LogP contribution in [0.2, 0.25) is 0 Å². The second kappa shape index (κ2) is 5.22. The first-order chi connectivity index (χ1) is 8.88. The summed E-state index contributed by atoms with van der Waals surface area (Å²) in [7, 11) is 0. The van der Waals surface area contributed by atoms with Gasteiger partial charge in [-0.3, -0.25) is 0 Å². The lowest BCUT2D eigenvalue weighted by Gasteiger charge is -2.17. The SMILES string of the molecule is Cc1ccsc1C(N)c1ccccc1OC(F)(F)F. The van der Waals surface area contributed by atoms with Gasteiger partial charge in [-0.2, -0.15) is 0 Å². The van der Waals surface area contributed by atoms with Crippen LogP contribution in [0.4, 0.5) is 13.2 Å². The number of rotatable bonds is 3. The maximum atomic E-state index is 12.3. The van der Waals surface area contributed by atoms with Gasteiger partial charge in [-0.05, 0) is 30.0 Å². The van der Waals surface area contributed by atoms with E-state index in [1.807, 2.05) is 18.4 Å². The molecule has 2 rings (SSSR count). The highest BCUT2D eigenvalue weighted by Gasteiger charge is 2.32. The van der Waals surface area contributed by atoms with E-state index in [9.17, 15) is 13.2 Å². The Balaban J connectivity index is 2.37. The van der Waals surface area contributed by atoms with Gasteiger partial charge in [0.25, 0.3) is 0 Å². The van der Waals surface area contributed by atoms with Gasteiger partial charge >= 0.3 is 6.36 Å². The molecule has 1 atom stereocenters. The van der Waals surface area contributed by atoms with Crippen LogP contribution in [-0.2, 0) is 0 Å². The summed E-state index contributed by atoms with van der Waals surface area (Å²) < 4.78 is 41.1. The van der Waals surface area contributed by atoms with Gasteiger partial charge < -0.3 is 10.5 Å². The van der Waals surface area contributed by atoms with Crippen LogP contribution in [0.1, 0.15) is 22.0 Å². The van der Waals surface area contributed by atoms with Crippen molar-refractivity contribution in [3.05, 3.63) is 51.7 Å². The fraction of sp³-hybridized carbons (Fsp3) is 0.231. The Morgan fingerprint density at radius 2 is 1.89 bits per heavy atom. The molecule has 102 valence electrons. The van der Waals surface area contributed by atoms with Crippen molar-refractivity contribution in [1.82, 2.24) is 0 Å². The number of para-hydroxylation sites is 1. The Morgan fingerprint density at radius 1 is 1.21 bits per heavy atom. The molecule has 0 aliphatic heterocycles. The molecule has 6 heteroatoms. The fourth-order valence-corrected chi connectivity index (χ4v) is 2.75. The summed E-state index contributed by atoms with van der Waals surface area (Å²) in [6, 6.07) is 7.20. The van der Waals surface area contributed by atoms with Crippen molar-refractivity contribution in [1.29, 1.82) is 0 Å². The number of benzene rings is 1. The zero-order valence-electron chi connectivity index (χ0n) is 10.1. The number of hydrogen-bond donors (Lipinski definition) is 1. The highest BCUT2D eigenvalue weighted by molar-refractivity contribution is 7.10. The van der Waals surface area contributed by atoms with Crippen molar-refractivity contribution in [2.24, 2.45) is 5.73 Å². The number of alkyl halides is 3. The van der Waals surface area contributed by atoms with E-state index in [0.717, 1.165) is 10.4 Å². The smallest absolute Gasteiger partial charge is 0.405 e. The molecule has 2 nitrogen and oxygen atoms in total. The molecule has 0 spiro atoms. The van der Waals surface area contributed by atoms with Crippen molar-refractivity contribution in [2.75, 3.05) is 0 Å². The Morgan fingerprint density at radius 3 is 2.47 bits per heavy atom. The van der Waals surface area contributed by atoms with E-state index >= 15 is 0 Å². The van der Waals surface area contributed by atoms with Gasteiger partial charge in [0.2, 0.25) is 0 Å². The predicted octanol–water partition coefficient (Wildman–Crippen LogP) is 4.00. The summed E-state index contributed by atoms with van der Waals surface area (Å²) in [5.74, 6) is -0.254. The van der Waals surface area contributed by atoms with Crippen molar-refractivity contribution in [2.45, 2.75) is 19.3 Å². The molecular formula is C13H12F3NOS. The van der Waals surface area contributed by atoms with E-state index in [1.165, 1.54) is 23.5 Å². The number of hydrogen-bond acceptors (Lipinski definition) is 3. The molecule has 2 N–H and O–H groups in total. The zero-order chi connectivity index (χ0) is 14.0. The normalized spacial score (nSPS) is 13.3.